The van der Waals surface area contributed by atoms with Crippen molar-refractivity contribution in [3.63, 3.8) is 0 Å². The van der Waals surface area contributed by atoms with E-state index < -0.39 is 0 Å². The molecule has 11 rings (SSSR count). The first kappa shape index (κ1) is 30.5. The molecule has 0 atom stereocenters. The van der Waals surface area contributed by atoms with Crippen molar-refractivity contribution in [2.24, 2.45) is 0 Å². The molecule has 0 bridgehead atoms. The summed E-state index contributed by atoms with van der Waals surface area (Å²) in [5.74, 6) is 0. The summed E-state index contributed by atoms with van der Waals surface area (Å²) >= 11 is 0. The maximum Gasteiger partial charge on any atom is 0.0640 e. The monoisotopic (exact) mass is 686 g/mol. The van der Waals surface area contributed by atoms with Gasteiger partial charge in [0, 0.05) is 33.2 Å². The third-order valence-corrected chi connectivity index (χ3v) is 11.1. The lowest BCUT2D eigenvalue weighted by Gasteiger charge is -2.28. The van der Waals surface area contributed by atoms with Gasteiger partial charge in [0.25, 0.3) is 0 Å². The average Bonchev–Trinajstić information content (AvgIpc) is 3.60. The maximum absolute atomic E-state index is 2.48. The highest BCUT2D eigenvalue weighted by atomic mass is 15.1. The fourth-order valence-corrected chi connectivity index (χ4v) is 8.73. The molecule has 0 unspecified atom stereocenters. The van der Waals surface area contributed by atoms with Gasteiger partial charge in [-0.25, -0.2) is 0 Å². The predicted molar refractivity (Wildman–Crippen MR) is 231 cm³/mol. The highest BCUT2D eigenvalue weighted by molar-refractivity contribution is 6.27. The van der Waals surface area contributed by atoms with Gasteiger partial charge in [-0.2, -0.15) is 0 Å². The summed E-state index contributed by atoms with van der Waals surface area (Å²) < 4.78 is 2.48. The van der Waals surface area contributed by atoms with Gasteiger partial charge in [0.15, 0.2) is 0 Å². The Morgan fingerprint density at radius 2 is 0.870 bits per heavy atom. The summed E-state index contributed by atoms with van der Waals surface area (Å²) in [4.78, 5) is 2.47. The highest BCUT2D eigenvalue weighted by Gasteiger charge is 2.24. The van der Waals surface area contributed by atoms with E-state index in [1.54, 1.807) is 0 Å². The Morgan fingerprint density at radius 3 is 1.56 bits per heavy atom. The van der Waals surface area contributed by atoms with Gasteiger partial charge in [0.05, 0.1) is 16.7 Å². The van der Waals surface area contributed by atoms with E-state index in [1.165, 1.54) is 76.0 Å². The summed E-state index contributed by atoms with van der Waals surface area (Å²) in [5.41, 5.74) is 9.30. The maximum atomic E-state index is 2.48. The molecule has 11 aromatic rings. The molecule has 1 aromatic heterocycles. The first-order valence-electron chi connectivity index (χ1n) is 18.6. The molecule has 0 radical (unpaired) electrons. The smallest absolute Gasteiger partial charge is 0.0640 e. The van der Waals surface area contributed by atoms with E-state index in [1.807, 2.05) is 0 Å². The highest BCUT2D eigenvalue weighted by Crippen LogP contribution is 2.48. The van der Waals surface area contributed by atoms with E-state index in [-0.39, 0.29) is 0 Å². The molecule has 252 valence electrons. The normalized spacial score (nSPS) is 11.7. The zero-order valence-electron chi connectivity index (χ0n) is 29.5. The van der Waals surface area contributed by atoms with E-state index in [2.05, 4.69) is 216 Å². The molecule has 0 aliphatic rings. The van der Waals surface area contributed by atoms with Crippen LogP contribution in [0.4, 0.5) is 17.1 Å². The second kappa shape index (κ2) is 12.2. The first-order chi connectivity index (χ1) is 26.8. The largest absolute Gasteiger partial charge is 0.310 e. The third-order valence-electron chi connectivity index (χ3n) is 11.1. The van der Waals surface area contributed by atoms with Crippen LogP contribution in [0.15, 0.2) is 206 Å². The molecule has 10 aromatic carbocycles. The predicted octanol–water partition coefficient (Wildman–Crippen LogP) is 14.5. The van der Waals surface area contributed by atoms with Crippen LogP contribution in [0.5, 0.6) is 0 Å². The minimum atomic E-state index is 1.11. The molecule has 0 amide bonds. The van der Waals surface area contributed by atoms with E-state index in [4.69, 9.17) is 0 Å². The molecule has 1 heterocycles. The Balaban J connectivity index is 1.28. The van der Waals surface area contributed by atoms with Gasteiger partial charge in [0.1, 0.15) is 0 Å². The molecule has 2 nitrogen and oxygen atoms in total. The topological polar surface area (TPSA) is 8.17 Å². The van der Waals surface area contributed by atoms with Crippen LogP contribution in [-0.2, 0) is 0 Å². The number of fused-ring (bicyclic) bond motifs is 11. The Hall–Kier alpha value is -7.16. The lowest BCUT2D eigenvalue weighted by atomic mass is 9.93. The van der Waals surface area contributed by atoms with Crippen LogP contribution in [0.3, 0.4) is 0 Å². The molecule has 0 saturated carbocycles. The van der Waals surface area contributed by atoms with Gasteiger partial charge in [-0.15, -0.1) is 0 Å². The van der Waals surface area contributed by atoms with Crippen molar-refractivity contribution >= 4 is 82.0 Å². The van der Waals surface area contributed by atoms with E-state index >= 15 is 0 Å². The standard InChI is InChI=1S/C52H34N2/c1-4-16-35(17-5-1)36-28-30-47-49(32-36)54(39-21-8-3-9-22-39)52-41-23-11-10-18-37(41)33-50(51(47)52)53(38-19-6-2-7-20-38)40-29-31-46-44-26-13-12-24-42(44)43-25-14-15-27-45(43)48(46)34-40/h1-34H. The van der Waals surface area contributed by atoms with Crippen molar-refractivity contribution in [3.8, 4) is 16.8 Å². The average molecular weight is 687 g/mol. The van der Waals surface area contributed by atoms with Crippen LogP contribution < -0.4 is 4.90 Å². The second-order valence-electron chi connectivity index (χ2n) is 14.1. The fourth-order valence-electron chi connectivity index (χ4n) is 8.73. The van der Waals surface area contributed by atoms with Gasteiger partial charge < -0.3 is 9.47 Å². The van der Waals surface area contributed by atoms with Crippen molar-refractivity contribution in [2.75, 3.05) is 4.90 Å². The number of hydrogen-bond acceptors (Lipinski definition) is 1. The molecule has 0 N–H and O–H groups in total. The Morgan fingerprint density at radius 1 is 0.333 bits per heavy atom. The van der Waals surface area contributed by atoms with Crippen molar-refractivity contribution in [3.05, 3.63) is 206 Å². The molecule has 0 saturated heterocycles. The summed E-state index contributed by atoms with van der Waals surface area (Å²) in [6.45, 7) is 0. The molecule has 0 aliphatic carbocycles. The van der Waals surface area contributed by atoms with Gasteiger partial charge >= 0.3 is 0 Å². The molecule has 0 aliphatic heterocycles. The van der Waals surface area contributed by atoms with Gasteiger partial charge in [0.2, 0.25) is 0 Å². The van der Waals surface area contributed by atoms with Crippen LogP contribution >= 0.6 is 0 Å². The number of rotatable bonds is 5. The van der Waals surface area contributed by atoms with Crippen molar-refractivity contribution in [1.29, 1.82) is 0 Å². The second-order valence-corrected chi connectivity index (χ2v) is 14.1. The molecule has 54 heavy (non-hydrogen) atoms. The Kier molecular flexibility index (Phi) is 6.90. The van der Waals surface area contributed by atoms with E-state index in [9.17, 15) is 0 Å². The minimum Gasteiger partial charge on any atom is -0.310 e. The van der Waals surface area contributed by atoms with Crippen LogP contribution in [0.1, 0.15) is 0 Å². The molecule has 0 fully saturated rings. The van der Waals surface area contributed by atoms with Crippen molar-refractivity contribution in [2.45, 2.75) is 0 Å². The summed E-state index contributed by atoms with van der Waals surface area (Å²) in [6, 6.07) is 75.3. The van der Waals surface area contributed by atoms with E-state index in [0.717, 1.165) is 22.7 Å². The summed E-state index contributed by atoms with van der Waals surface area (Å²) in [5, 5.41) is 12.5. The van der Waals surface area contributed by atoms with Gasteiger partial charge in [-0.05, 0) is 97.4 Å². The summed E-state index contributed by atoms with van der Waals surface area (Å²) in [6.07, 6.45) is 0. The number of anilines is 3. The lowest BCUT2D eigenvalue weighted by Crippen LogP contribution is -2.10. The number of benzene rings is 10. The van der Waals surface area contributed by atoms with Crippen LogP contribution in [0, 0.1) is 0 Å². The molecular weight excluding hydrogens is 653 g/mol. The van der Waals surface area contributed by atoms with Gasteiger partial charge in [-0.3, -0.25) is 0 Å². The van der Waals surface area contributed by atoms with Crippen LogP contribution in [0.2, 0.25) is 0 Å². The number of hydrogen-bond donors (Lipinski definition) is 0. The van der Waals surface area contributed by atoms with Gasteiger partial charge in [-0.1, -0.05) is 158 Å². The van der Waals surface area contributed by atoms with E-state index in [0.29, 0.717) is 0 Å². The number of nitrogens with zero attached hydrogens (tertiary/aromatic N) is 2. The Bertz CT molecular complexity index is 3160. The fraction of sp³-hybridized carbons (Fsp3) is 0. The zero-order valence-corrected chi connectivity index (χ0v) is 29.5. The van der Waals surface area contributed by atoms with Crippen LogP contribution in [-0.4, -0.2) is 4.57 Å². The number of para-hydroxylation sites is 2. The minimum absolute atomic E-state index is 1.11. The third kappa shape index (κ3) is 4.67. The summed E-state index contributed by atoms with van der Waals surface area (Å²) in [7, 11) is 0. The Labute approximate surface area is 313 Å². The lowest BCUT2D eigenvalue weighted by molar-refractivity contribution is 1.19. The molecular formula is C52H34N2. The number of aromatic nitrogens is 1. The SMILES string of the molecule is c1ccc(-c2ccc3c4c(N(c5ccccc5)c5ccc6c7ccccc7c7ccccc7c6c5)cc5ccccc5c4n(-c4ccccc4)c3c2)cc1. The van der Waals surface area contributed by atoms with Crippen molar-refractivity contribution in [1.82, 2.24) is 4.57 Å². The quantitative estimate of drug-likeness (QED) is 0.164. The first-order valence-corrected chi connectivity index (χ1v) is 18.6. The zero-order chi connectivity index (χ0) is 35.6. The molecule has 2 heteroatoms. The van der Waals surface area contributed by atoms with Crippen molar-refractivity contribution < 1.29 is 0 Å². The van der Waals surface area contributed by atoms with Crippen LogP contribution in [0.25, 0.3) is 81.7 Å². The molecule has 0 spiro atoms.